The Hall–Kier alpha value is -4.01. The highest BCUT2D eigenvalue weighted by atomic mass is 16.6. The lowest BCUT2D eigenvalue weighted by atomic mass is 10.1. The van der Waals surface area contributed by atoms with Gasteiger partial charge in [-0.1, -0.05) is 6.92 Å². The molecule has 1 aromatic heterocycles. The van der Waals surface area contributed by atoms with E-state index in [0.29, 0.717) is 11.3 Å². The van der Waals surface area contributed by atoms with Crippen LogP contribution < -0.4 is 10.6 Å². The second kappa shape index (κ2) is 9.21. The monoisotopic (exact) mass is 421 g/mol. The van der Waals surface area contributed by atoms with Gasteiger partial charge in [-0.3, -0.25) is 19.7 Å². The summed E-state index contributed by atoms with van der Waals surface area (Å²) in [4.78, 5) is 39.8. The molecule has 160 valence electrons. The molecule has 3 rings (SSSR count). The lowest BCUT2D eigenvalue weighted by molar-refractivity contribution is -0.383. The van der Waals surface area contributed by atoms with Crippen LogP contribution in [0.5, 0.6) is 0 Å². The maximum Gasteiger partial charge on any atom is 0.293 e. The van der Waals surface area contributed by atoms with Gasteiger partial charge in [-0.2, -0.15) is 0 Å². The second-order valence-corrected chi connectivity index (χ2v) is 7.17. The number of nitro benzene ring substituents is 1. The van der Waals surface area contributed by atoms with Crippen LogP contribution in [0, 0.1) is 10.1 Å². The molecule has 0 aliphatic rings. The largest absolute Gasteiger partial charge is 0.350 e. The van der Waals surface area contributed by atoms with Crippen molar-refractivity contribution in [1.82, 2.24) is 14.9 Å². The van der Waals surface area contributed by atoms with Crippen molar-refractivity contribution in [3.8, 4) is 0 Å². The Morgan fingerprint density at radius 3 is 2.42 bits per heavy atom. The Kier molecular flexibility index (Phi) is 6.44. The fourth-order valence-electron chi connectivity index (χ4n) is 2.91. The van der Waals surface area contributed by atoms with E-state index in [-0.39, 0.29) is 34.7 Å². The number of aromatic nitrogens is 2. The number of carbonyl (C=O) groups excluding carboxylic acids is 2. The number of ketones is 1. The first-order valence-corrected chi connectivity index (χ1v) is 9.78. The summed E-state index contributed by atoms with van der Waals surface area (Å²) >= 11 is 0. The molecular formula is C22H23N5O4. The maximum atomic E-state index is 12.6. The predicted octanol–water partition coefficient (Wildman–Crippen LogP) is 3.83. The van der Waals surface area contributed by atoms with Gasteiger partial charge in [0.1, 0.15) is 5.69 Å². The number of anilines is 2. The summed E-state index contributed by atoms with van der Waals surface area (Å²) in [6, 6.07) is 10.9. The number of benzene rings is 2. The van der Waals surface area contributed by atoms with E-state index in [2.05, 4.69) is 15.6 Å². The Labute approximate surface area is 179 Å². The van der Waals surface area contributed by atoms with E-state index in [1.807, 2.05) is 13.8 Å². The fraction of sp³-hybridized carbons (Fsp3) is 0.227. The zero-order chi connectivity index (χ0) is 22.5. The first kappa shape index (κ1) is 21.7. The van der Waals surface area contributed by atoms with Gasteiger partial charge >= 0.3 is 0 Å². The molecule has 0 aliphatic carbocycles. The van der Waals surface area contributed by atoms with E-state index >= 15 is 0 Å². The standard InChI is InChI=1S/C22H23N5O4/c1-4-14(2)24-22(29)15-5-8-17(9-6-15)25-18-10-7-16(13-19(18)27(30)31)20(28)21-23-11-12-26(21)3/h5-14,25H,4H2,1-3H3,(H,24,29). The van der Waals surface area contributed by atoms with Crippen molar-refractivity contribution in [2.75, 3.05) is 5.32 Å². The molecule has 0 aliphatic heterocycles. The molecule has 1 atom stereocenters. The van der Waals surface area contributed by atoms with Crippen LogP contribution in [0.25, 0.3) is 0 Å². The van der Waals surface area contributed by atoms with Crippen LogP contribution in [0.4, 0.5) is 17.1 Å². The SMILES string of the molecule is CCC(C)NC(=O)c1ccc(Nc2ccc(C(=O)c3nccn3C)cc2[N+](=O)[O-])cc1. The van der Waals surface area contributed by atoms with Crippen molar-refractivity contribution in [3.63, 3.8) is 0 Å². The predicted molar refractivity (Wildman–Crippen MR) is 117 cm³/mol. The number of amides is 1. The number of carbonyl (C=O) groups is 2. The molecule has 2 N–H and O–H groups in total. The van der Waals surface area contributed by atoms with Gasteiger partial charge in [0.05, 0.1) is 4.92 Å². The van der Waals surface area contributed by atoms with E-state index in [1.165, 1.54) is 24.4 Å². The normalized spacial score (nSPS) is 11.6. The van der Waals surface area contributed by atoms with Crippen molar-refractivity contribution < 1.29 is 14.5 Å². The fourth-order valence-corrected chi connectivity index (χ4v) is 2.91. The second-order valence-electron chi connectivity index (χ2n) is 7.17. The molecule has 0 spiro atoms. The highest BCUT2D eigenvalue weighted by Gasteiger charge is 2.21. The lowest BCUT2D eigenvalue weighted by Gasteiger charge is -2.12. The molecule has 0 radical (unpaired) electrons. The molecule has 31 heavy (non-hydrogen) atoms. The molecule has 9 heteroatoms. The zero-order valence-corrected chi connectivity index (χ0v) is 17.5. The van der Waals surface area contributed by atoms with E-state index in [9.17, 15) is 19.7 Å². The van der Waals surface area contributed by atoms with Gasteiger partial charge in [-0.05, 0) is 49.7 Å². The molecule has 1 amide bonds. The highest BCUT2D eigenvalue weighted by molar-refractivity contribution is 6.07. The van der Waals surface area contributed by atoms with Crippen LogP contribution in [-0.4, -0.2) is 32.2 Å². The van der Waals surface area contributed by atoms with Gasteiger partial charge in [0.2, 0.25) is 5.78 Å². The Morgan fingerprint density at radius 2 is 1.84 bits per heavy atom. The van der Waals surface area contributed by atoms with Crippen molar-refractivity contribution in [3.05, 3.63) is 81.9 Å². The zero-order valence-electron chi connectivity index (χ0n) is 17.5. The molecule has 1 heterocycles. The quantitative estimate of drug-likeness (QED) is 0.324. The van der Waals surface area contributed by atoms with E-state index in [0.717, 1.165) is 6.42 Å². The molecule has 0 saturated carbocycles. The van der Waals surface area contributed by atoms with Crippen LogP contribution in [0.2, 0.25) is 0 Å². The number of hydrogen-bond acceptors (Lipinski definition) is 6. The Bertz CT molecular complexity index is 1120. The number of imidazole rings is 1. The maximum absolute atomic E-state index is 12.6. The number of rotatable bonds is 8. The van der Waals surface area contributed by atoms with Crippen molar-refractivity contribution >= 4 is 28.8 Å². The van der Waals surface area contributed by atoms with Gasteiger partial charge in [-0.15, -0.1) is 0 Å². The van der Waals surface area contributed by atoms with Crippen LogP contribution in [-0.2, 0) is 7.05 Å². The summed E-state index contributed by atoms with van der Waals surface area (Å²) in [5, 5.41) is 17.5. The third-order valence-electron chi connectivity index (χ3n) is 4.90. The lowest BCUT2D eigenvalue weighted by Crippen LogP contribution is -2.31. The van der Waals surface area contributed by atoms with Crippen molar-refractivity contribution in [1.29, 1.82) is 0 Å². The molecular weight excluding hydrogens is 398 g/mol. The van der Waals surface area contributed by atoms with Crippen LogP contribution in [0.15, 0.2) is 54.9 Å². The van der Waals surface area contributed by atoms with Gasteiger partial charge in [0.15, 0.2) is 5.82 Å². The number of nitrogens with one attached hydrogen (secondary N) is 2. The number of nitro groups is 1. The van der Waals surface area contributed by atoms with Gasteiger partial charge in [0.25, 0.3) is 11.6 Å². The Balaban J connectivity index is 1.81. The minimum absolute atomic E-state index is 0.0694. The smallest absolute Gasteiger partial charge is 0.293 e. The highest BCUT2D eigenvalue weighted by Crippen LogP contribution is 2.29. The molecule has 0 saturated heterocycles. The number of nitrogens with zero attached hydrogens (tertiary/aromatic N) is 3. The molecule has 9 nitrogen and oxygen atoms in total. The third kappa shape index (κ3) is 4.95. The average Bonchev–Trinajstić information content (AvgIpc) is 3.19. The first-order chi connectivity index (χ1) is 14.8. The summed E-state index contributed by atoms with van der Waals surface area (Å²) in [5.74, 6) is -0.385. The molecule has 3 aromatic rings. The van der Waals surface area contributed by atoms with Gasteiger partial charge < -0.3 is 15.2 Å². The minimum atomic E-state index is -0.550. The van der Waals surface area contributed by atoms with Crippen LogP contribution in [0.1, 0.15) is 46.8 Å². The van der Waals surface area contributed by atoms with E-state index in [1.54, 1.807) is 42.1 Å². The number of aryl methyl sites for hydroxylation is 1. The van der Waals surface area contributed by atoms with E-state index in [4.69, 9.17) is 0 Å². The van der Waals surface area contributed by atoms with Gasteiger partial charge in [0, 0.05) is 48.4 Å². The number of hydrogen-bond donors (Lipinski definition) is 2. The molecule has 1 unspecified atom stereocenters. The van der Waals surface area contributed by atoms with Crippen LogP contribution in [0.3, 0.4) is 0 Å². The first-order valence-electron chi connectivity index (χ1n) is 9.78. The molecule has 0 fully saturated rings. The summed E-state index contributed by atoms with van der Waals surface area (Å²) in [6.45, 7) is 3.91. The van der Waals surface area contributed by atoms with Crippen molar-refractivity contribution in [2.45, 2.75) is 26.3 Å². The van der Waals surface area contributed by atoms with Gasteiger partial charge in [-0.25, -0.2) is 4.98 Å². The molecule has 0 bridgehead atoms. The summed E-state index contributed by atoms with van der Waals surface area (Å²) in [6.07, 6.45) is 3.95. The Morgan fingerprint density at radius 1 is 1.16 bits per heavy atom. The summed E-state index contributed by atoms with van der Waals surface area (Å²) in [7, 11) is 1.68. The van der Waals surface area contributed by atoms with Crippen LogP contribution >= 0.6 is 0 Å². The topological polar surface area (TPSA) is 119 Å². The van der Waals surface area contributed by atoms with Crippen molar-refractivity contribution in [2.24, 2.45) is 7.05 Å². The summed E-state index contributed by atoms with van der Waals surface area (Å²) in [5.41, 5.74) is 1.24. The third-order valence-corrected chi connectivity index (χ3v) is 4.90. The summed E-state index contributed by atoms with van der Waals surface area (Å²) < 4.78 is 1.55. The average molecular weight is 421 g/mol. The van der Waals surface area contributed by atoms with E-state index < -0.39 is 10.7 Å². The minimum Gasteiger partial charge on any atom is -0.350 e. The molecule has 2 aromatic carbocycles.